The molecule has 0 spiro atoms. The summed E-state index contributed by atoms with van der Waals surface area (Å²) in [6.45, 7) is 6.57. The Morgan fingerprint density at radius 3 is 0.894 bits per heavy atom. The standard InChI is InChI=1S/C60H106O6/c1-4-7-10-13-16-19-21-23-25-26-27-28-29-30-31-32-33-34-35-37-38-41-44-47-50-53-59(62)65-56-57(55-64-58(61)52-49-46-43-40-18-15-12-9-6-3)66-60(63)54-51-48-45-42-39-36-24-22-20-17-14-11-8-5-2/h14,17,21-24,26-27,29-30,57H,4-13,15-16,18-20,25,28,31-56H2,1-3H3/b17-14-,23-21-,24-22-,27-26-,30-29-. The molecule has 6 nitrogen and oxygen atoms in total. The summed E-state index contributed by atoms with van der Waals surface area (Å²) in [6, 6.07) is 0. The zero-order chi connectivity index (χ0) is 47.9. The minimum Gasteiger partial charge on any atom is -0.462 e. The summed E-state index contributed by atoms with van der Waals surface area (Å²) in [5.41, 5.74) is 0. The Bertz CT molecular complexity index is 1200. The number of esters is 3. The summed E-state index contributed by atoms with van der Waals surface area (Å²) in [6.07, 6.45) is 67.9. The first kappa shape index (κ1) is 63.1. The maximum atomic E-state index is 12.8. The topological polar surface area (TPSA) is 78.9 Å². The smallest absolute Gasteiger partial charge is 0.306 e. The molecule has 1 atom stereocenters. The molecule has 0 bridgehead atoms. The summed E-state index contributed by atoms with van der Waals surface area (Å²) in [4.78, 5) is 38.0. The van der Waals surface area contributed by atoms with Gasteiger partial charge < -0.3 is 14.2 Å². The number of allylic oxidation sites excluding steroid dienone is 10. The number of unbranched alkanes of at least 4 members (excludes halogenated alkanes) is 30. The molecule has 0 aromatic carbocycles. The Kier molecular flexibility index (Phi) is 52.3. The van der Waals surface area contributed by atoms with Crippen LogP contribution in [0.3, 0.4) is 0 Å². The molecule has 0 aliphatic carbocycles. The SMILES string of the molecule is CCCC/C=C\C/C=C\CCCCCCCC(=O)OC(COC(=O)CCCCCCCCCCC)COC(=O)CCCCCCCCCCCC/C=C\C/C=C\C/C=C\CCCCCCC. The van der Waals surface area contributed by atoms with E-state index in [2.05, 4.69) is 81.5 Å². The second-order valence-corrected chi connectivity index (χ2v) is 18.8. The molecule has 0 amide bonds. The average Bonchev–Trinajstić information content (AvgIpc) is 3.31. The van der Waals surface area contributed by atoms with Crippen LogP contribution in [0.25, 0.3) is 0 Å². The quantitative estimate of drug-likeness (QED) is 0.0262. The highest BCUT2D eigenvalue weighted by Gasteiger charge is 2.19. The Balaban J connectivity index is 4.22. The van der Waals surface area contributed by atoms with E-state index >= 15 is 0 Å². The van der Waals surface area contributed by atoms with Crippen molar-refractivity contribution in [2.75, 3.05) is 13.2 Å². The van der Waals surface area contributed by atoms with Crippen LogP contribution in [0.5, 0.6) is 0 Å². The normalized spacial score (nSPS) is 12.5. The fourth-order valence-electron chi connectivity index (χ4n) is 7.94. The predicted molar refractivity (Wildman–Crippen MR) is 284 cm³/mol. The van der Waals surface area contributed by atoms with E-state index in [0.717, 1.165) is 96.3 Å². The van der Waals surface area contributed by atoms with Crippen molar-refractivity contribution in [1.82, 2.24) is 0 Å². The molecule has 0 rings (SSSR count). The van der Waals surface area contributed by atoms with E-state index in [-0.39, 0.29) is 31.1 Å². The van der Waals surface area contributed by atoms with Crippen LogP contribution in [0.1, 0.15) is 284 Å². The molecule has 0 fully saturated rings. The van der Waals surface area contributed by atoms with Crippen molar-refractivity contribution in [1.29, 1.82) is 0 Å². The van der Waals surface area contributed by atoms with Crippen LogP contribution >= 0.6 is 0 Å². The molecule has 382 valence electrons. The molecule has 0 saturated carbocycles. The van der Waals surface area contributed by atoms with Crippen LogP contribution in [0.15, 0.2) is 60.8 Å². The van der Waals surface area contributed by atoms with Gasteiger partial charge in [-0.25, -0.2) is 0 Å². The van der Waals surface area contributed by atoms with Crippen LogP contribution in [0, 0.1) is 0 Å². The molecule has 6 heteroatoms. The molecule has 0 N–H and O–H groups in total. The summed E-state index contributed by atoms with van der Waals surface area (Å²) >= 11 is 0. The number of hydrogen-bond donors (Lipinski definition) is 0. The fourth-order valence-corrected chi connectivity index (χ4v) is 7.94. The third kappa shape index (κ3) is 52.1. The minimum atomic E-state index is -0.780. The molecule has 66 heavy (non-hydrogen) atoms. The molecule has 0 saturated heterocycles. The molecule has 1 unspecified atom stereocenters. The van der Waals surface area contributed by atoms with Gasteiger partial charge in [-0.2, -0.15) is 0 Å². The number of ether oxygens (including phenoxy) is 3. The number of carbonyl (C=O) groups is 3. The van der Waals surface area contributed by atoms with E-state index in [0.29, 0.717) is 19.3 Å². The van der Waals surface area contributed by atoms with E-state index in [1.54, 1.807) is 0 Å². The Morgan fingerprint density at radius 1 is 0.303 bits per heavy atom. The van der Waals surface area contributed by atoms with Gasteiger partial charge >= 0.3 is 17.9 Å². The Morgan fingerprint density at radius 2 is 0.561 bits per heavy atom. The highest BCUT2D eigenvalue weighted by Crippen LogP contribution is 2.15. The van der Waals surface area contributed by atoms with E-state index in [4.69, 9.17) is 14.2 Å². The van der Waals surface area contributed by atoms with E-state index in [1.165, 1.54) is 148 Å². The number of rotatable bonds is 51. The van der Waals surface area contributed by atoms with Gasteiger partial charge in [0.15, 0.2) is 6.10 Å². The summed E-state index contributed by atoms with van der Waals surface area (Å²) < 4.78 is 16.8. The first-order chi connectivity index (χ1) is 32.5. The van der Waals surface area contributed by atoms with Crippen LogP contribution < -0.4 is 0 Å². The first-order valence-electron chi connectivity index (χ1n) is 28.3. The second-order valence-electron chi connectivity index (χ2n) is 18.8. The summed E-state index contributed by atoms with van der Waals surface area (Å²) in [5, 5.41) is 0. The zero-order valence-corrected chi connectivity index (χ0v) is 43.7. The first-order valence-corrected chi connectivity index (χ1v) is 28.3. The van der Waals surface area contributed by atoms with Gasteiger partial charge in [-0.15, -0.1) is 0 Å². The lowest BCUT2D eigenvalue weighted by Gasteiger charge is -2.18. The molecule has 0 aromatic rings. The van der Waals surface area contributed by atoms with Crippen LogP contribution in [0.2, 0.25) is 0 Å². The third-order valence-corrected chi connectivity index (χ3v) is 12.2. The number of hydrogen-bond acceptors (Lipinski definition) is 6. The lowest BCUT2D eigenvalue weighted by Crippen LogP contribution is -2.30. The lowest BCUT2D eigenvalue weighted by molar-refractivity contribution is -0.167. The average molecular weight is 924 g/mol. The van der Waals surface area contributed by atoms with Crippen molar-refractivity contribution < 1.29 is 28.6 Å². The predicted octanol–water partition coefficient (Wildman–Crippen LogP) is 18.8. The van der Waals surface area contributed by atoms with Crippen LogP contribution in [0.4, 0.5) is 0 Å². The van der Waals surface area contributed by atoms with Gasteiger partial charge in [0, 0.05) is 19.3 Å². The fraction of sp³-hybridized carbons (Fsp3) is 0.783. The lowest BCUT2D eigenvalue weighted by atomic mass is 10.1. The van der Waals surface area contributed by atoms with Gasteiger partial charge in [0.05, 0.1) is 0 Å². The molecule has 0 heterocycles. The van der Waals surface area contributed by atoms with Gasteiger partial charge in [0.1, 0.15) is 13.2 Å². The molecular formula is C60H106O6. The molecular weight excluding hydrogens is 817 g/mol. The van der Waals surface area contributed by atoms with E-state index in [1.807, 2.05) is 0 Å². The van der Waals surface area contributed by atoms with Crippen LogP contribution in [-0.2, 0) is 28.6 Å². The summed E-state index contributed by atoms with van der Waals surface area (Å²) in [7, 11) is 0. The Labute approximate surface area is 409 Å². The van der Waals surface area contributed by atoms with Crippen molar-refractivity contribution in [2.45, 2.75) is 290 Å². The highest BCUT2D eigenvalue weighted by molar-refractivity contribution is 5.71. The van der Waals surface area contributed by atoms with Crippen molar-refractivity contribution in [2.24, 2.45) is 0 Å². The third-order valence-electron chi connectivity index (χ3n) is 12.2. The zero-order valence-electron chi connectivity index (χ0n) is 43.7. The van der Waals surface area contributed by atoms with Gasteiger partial charge in [-0.05, 0) is 83.5 Å². The highest BCUT2D eigenvalue weighted by atomic mass is 16.6. The van der Waals surface area contributed by atoms with Crippen molar-refractivity contribution in [3.8, 4) is 0 Å². The molecule has 0 aliphatic rings. The Hall–Kier alpha value is -2.89. The molecule has 0 radical (unpaired) electrons. The van der Waals surface area contributed by atoms with Crippen molar-refractivity contribution >= 4 is 17.9 Å². The van der Waals surface area contributed by atoms with Crippen molar-refractivity contribution in [3.63, 3.8) is 0 Å². The number of carbonyl (C=O) groups excluding carboxylic acids is 3. The van der Waals surface area contributed by atoms with E-state index in [9.17, 15) is 14.4 Å². The molecule has 0 aliphatic heterocycles. The van der Waals surface area contributed by atoms with Crippen molar-refractivity contribution in [3.05, 3.63) is 60.8 Å². The van der Waals surface area contributed by atoms with Gasteiger partial charge in [0.25, 0.3) is 0 Å². The van der Waals surface area contributed by atoms with Gasteiger partial charge in [-0.3, -0.25) is 14.4 Å². The maximum Gasteiger partial charge on any atom is 0.306 e. The van der Waals surface area contributed by atoms with Gasteiger partial charge in [0.2, 0.25) is 0 Å². The largest absolute Gasteiger partial charge is 0.462 e. The minimum absolute atomic E-state index is 0.0793. The van der Waals surface area contributed by atoms with E-state index < -0.39 is 6.10 Å². The van der Waals surface area contributed by atoms with Gasteiger partial charge in [-0.1, -0.05) is 242 Å². The maximum absolute atomic E-state index is 12.8. The second kappa shape index (κ2) is 54.7. The monoisotopic (exact) mass is 923 g/mol. The molecule has 0 aromatic heterocycles. The van der Waals surface area contributed by atoms with Crippen LogP contribution in [-0.4, -0.2) is 37.2 Å². The summed E-state index contributed by atoms with van der Waals surface area (Å²) in [5.74, 6) is -0.893.